The Bertz CT molecular complexity index is 549. The van der Waals surface area contributed by atoms with Gasteiger partial charge in [0.25, 0.3) is 0 Å². The van der Waals surface area contributed by atoms with Crippen LogP contribution in [0.25, 0.3) is 0 Å². The highest BCUT2D eigenvalue weighted by molar-refractivity contribution is 6.37. The Morgan fingerprint density at radius 1 is 1.29 bits per heavy atom. The van der Waals surface area contributed by atoms with E-state index in [1.807, 2.05) is 20.8 Å². The lowest BCUT2D eigenvalue weighted by molar-refractivity contribution is 0.0698. The first-order valence-electron chi connectivity index (χ1n) is 6.56. The number of benzene rings is 1. The molecule has 5 nitrogen and oxygen atoms in total. The lowest BCUT2D eigenvalue weighted by Crippen LogP contribution is -2.39. The van der Waals surface area contributed by atoms with E-state index in [9.17, 15) is 9.59 Å². The molecule has 0 saturated carbocycles. The molecule has 21 heavy (non-hydrogen) atoms. The van der Waals surface area contributed by atoms with Gasteiger partial charge >= 0.3 is 12.0 Å². The second kappa shape index (κ2) is 7.52. The van der Waals surface area contributed by atoms with Crippen molar-refractivity contribution in [3.8, 4) is 0 Å². The molecule has 0 heterocycles. The molecule has 0 aliphatic rings. The highest BCUT2D eigenvalue weighted by atomic mass is 35.5. The average molecular weight is 333 g/mol. The van der Waals surface area contributed by atoms with Crippen molar-refractivity contribution in [1.82, 2.24) is 5.32 Å². The number of carbonyl (C=O) groups is 2. The fraction of sp³-hybridized carbons (Fsp3) is 0.429. The number of carboxylic acids is 1. The number of hydrogen-bond donors (Lipinski definition) is 3. The molecule has 0 fully saturated rings. The minimum absolute atomic E-state index is 0.0300. The summed E-state index contributed by atoms with van der Waals surface area (Å²) in [6.45, 7) is 5.93. The number of nitrogens with one attached hydrogen (secondary N) is 2. The highest BCUT2D eigenvalue weighted by Gasteiger charge is 2.19. The molecule has 1 rings (SSSR count). The van der Waals surface area contributed by atoms with E-state index in [4.69, 9.17) is 28.3 Å². The topological polar surface area (TPSA) is 78.4 Å². The van der Waals surface area contributed by atoms with Crippen LogP contribution in [0.15, 0.2) is 12.1 Å². The van der Waals surface area contributed by atoms with Crippen molar-refractivity contribution in [1.29, 1.82) is 0 Å². The first kappa shape index (κ1) is 17.6. The van der Waals surface area contributed by atoms with Crippen molar-refractivity contribution in [2.45, 2.75) is 33.2 Å². The van der Waals surface area contributed by atoms with Gasteiger partial charge in [-0.1, -0.05) is 43.5 Å². The molecule has 116 valence electrons. The van der Waals surface area contributed by atoms with E-state index in [0.717, 1.165) is 6.42 Å². The van der Waals surface area contributed by atoms with Crippen molar-refractivity contribution in [2.24, 2.45) is 5.92 Å². The predicted octanol–water partition coefficient (Wildman–Crippen LogP) is 4.25. The number of carboxylic acid groups (broad SMARTS) is 1. The van der Waals surface area contributed by atoms with Crippen LogP contribution in [0.1, 0.15) is 37.6 Å². The van der Waals surface area contributed by atoms with Crippen molar-refractivity contribution in [3.63, 3.8) is 0 Å². The van der Waals surface area contributed by atoms with Crippen molar-refractivity contribution in [2.75, 3.05) is 5.32 Å². The van der Waals surface area contributed by atoms with Crippen molar-refractivity contribution >= 4 is 40.9 Å². The monoisotopic (exact) mass is 332 g/mol. The Hall–Kier alpha value is -1.46. The van der Waals surface area contributed by atoms with E-state index in [1.165, 1.54) is 12.1 Å². The van der Waals surface area contributed by atoms with Crippen molar-refractivity contribution < 1.29 is 14.7 Å². The fourth-order valence-electron chi connectivity index (χ4n) is 1.72. The number of carbonyl (C=O) groups excluding carboxylic acids is 1. The Morgan fingerprint density at radius 3 is 2.43 bits per heavy atom. The van der Waals surface area contributed by atoms with Gasteiger partial charge in [-0.15, -0.1) is 0 Å². The summed E-state index contributed by atoms with van der Waals surface area (Å²) < 4.78 is 0. The Balaban J connectivity index is 2.92. The zero-order chi connectivity index (χ0) is 16.2. The molecular weight excluding hydrogens is 315 g/mol. The zero-order valence-corrected chi connectivity index (χ0v) is 13.5. The SMILES string of the molecule is CCC(C)C(C)NC(=O)Nc1c(Cl)cc(Cl)cc1C(=O)O. The largest absolute Gasteiger partial charge is 0.478 e. The minimum atomic E-state index is -1.22. The molecule has 0 radical (unpaired) electrons. The summed E-state index contributed by atoms with van der Waals surface area (Å²) in [5.41, 5.74) is -0.124. The van der Waals surface area contributed by atoms with E-state index in [0.29, 0.717) is 5.92 Å². The molecule has 2 unspecified atom stereocenters. The summed E-state index contributed by atoms with van der Waals surface area (Å²) in [4.78, 5) is 23.1. The molecule has 0 bridgehead atoms. The molecule has 0 spiro atoms. The van der Waals surface area contributed by atoms with Gasteiger partial charge in [0.2, 0.25) is 0 Å². The molecule has 1 aromatic carbocycles. The van der Waals surface area contributed by atoms with Crippen LogP contribution >= 0.6 is 23.2 Å². The van der Waals surface area contributed by atoms with Crippen LogP contribution in [0.3, 0.4) is 0 Å². The van der Waals surface area contributed by atoms with Crippen LogP contribution in [0.2, 0.25) is 10.0 Å². The van der Waals surface area contributed by atoms with Crippen LogP contribution in [0.5, 0.6) is 0 Å². The van der Waals surface area contributed by atoms with Gasteiger partial charge in [-0.05, 0) is 25.0 Å². The van der Waals surface area contributed by atoms with E-state index in [2.05, 4.69) is 10.6 Å². The van der Waals surface area contributed by atoms with Gasteiger partial charge in [-0.2, -0.15) is 0 Å². The second-order valence-corrected chi connectivity index (χ2v) is 5.73. The van der Waals surface area contributed by atoms with Crippen LogP contribution in [-0.2, 0) is 0 Å². The van der Waals surface area contributed by atoms with Gasteiger partial charge in [0.1, 0.15) is 0 Å². The highest BCUT2D eigenvalue weighted by Crippen LogP contribution is 2.30. The van der Waals surface area contributed by atoms with Gasteiger partial charge in [0.15, 0.2) is 0 Å². The number of rotatable bonds is 5. The molecule has 0 aromatic heterocycles. The number of urea groups is 1. The van der Waals surface area contributed by atoms with Crippen LogP contribution in [0.4, 0.5) is 10.5 Å². The fourth-order valence-corrected chi connectivity index (χ4v) is 2.26. The molecule has 0 aliphatic carbocycles. The van der Waals surface area contributed by atoms with E-state index in [-0.39, 0.29) is 27.3 Å². The maximum atomic E-state index is 11.9. The Morgan fingerprint density at radius 2 is 1.90 bits per heavy atom. The number of halogens is 2. The van der Waals surface area contributed by atoms with E-state index < -0.39 is 12.0 Å². The normalized spacial score (nSPS) is 13.4. The maximum absolute atomic E-state index is 11.9. The number of anilines is 1. The predicted molar refractivity (Wildman–Crippen MR) is 84.5 cm³/mol. The molecule has 0 aliphatic heterocycles. The summed E-state index contributed by atoms with van der Waals surface area (Å²) in [5.74, 6) is -0.917. The number of aromatic carboxylic acids is 1. The summed E-state index contributed by atoms with van der Waals surface area (Å²) in [6.07, 6.45) is 0.920. The first-order valence-corrected chi connectivity index (χ1v) is 7.31. The lowest BCUT2D eigenvalue weighted by Gasteiger charge is -2.20. The van der Waals surface area contributed by atoms with Gasteiger partial charge < -0.3 is 15.7 Å². The molecule has 3 N–H and O–H groups in total. The third-order valence-corrected chi connectivity index (χ3v) is 3.90. The summed E-state index contributed by atoms with van der Waals surface area (Å²) in [6, 6.07) is 2.07. The van der Waals surface area contributed by atoms with Crippen LogP contribution < -0.4 is 10.6 Å². The smallest absolute Gasteiger partial charge is 0.337 e. The molecule has 1 aromatic rings. The van der Waals surface area contributed by atoms with Gasteiger partial charge in [-0.3, -0.25) is 0 Å². The molecule has 7 heteroatoms. The molecule has 2 atom stereocenters. The first-order chi connectivity index (χ1) is 9.76. The average Bonchev–Trinajstić information content (AvgIpc) is 2.40. The van der Waals surface area contributed by atoms with Gasteiger partial charge in [0, 0.05) is 11.1 Å². The molecule has 0 saturated heterocycles. The second-order valence-electron chi connectivity index (χ2n) is 4.89. The lowest BCUT2D eigenvalue weighted by atomic mass is 10.0. The third kappa shape index (κ3) is 4.79. The summed E-state index contributed by atoms with van der Waals surface area (Å²) >= 11 is 11.7. The Kier molecular flexibility index (Phi) is 6.30. The van der Waals surface area contributed by atoms with Crippen molar-refractivity contribution in [3.05, 3.63) is 27.7 Å². The zero-order valence-electron chi connectivity index (χ0n) is 12.0. The number of amides is 2. The van der Waals surface area contributed by atoms with E-state index >= 15 is 0 Å². The van der Waals surface area contributed by atoms with Gasteiger partial charge in [0.05, 0.1) is 16.3 Å². The minimum Gasteiger partial charge on any atom is -0.478 e. The van der Waals surface area contributed by atoms with Crippen LogP contribution in [0, 0.1) is 5.92 Å². The van der Waals surface area contributed by atoms with Gasteiger partial charge in [-0.25, -0.2) is 9.59 Å². The summed E-state index contributed by atoms with van der Waals surface area (Å²) in [7, 11) is 0. The quantitative estimate of drug-likeness (QED) is 0.754. The van der Waals surface area contributed by atoms with E-state index in [1.54, 1.807) is 0 Å². The number of hydrogen-bond acceptors (Lipinski definition) is 2. The molecule has 2 amide bonds. The maximum Gasteiger partial charge on any atom is 0.337 e. The summed E-state index contributed by atoms with van der Waals surface area (Å²) in [5, 5.41) is 14.6. The third-order valence-electron chi connectivity index (χ3n) is 3.38. The standard InChI is InChI=1S/C14H18Cl2N2O3/c1-4-7(2)8(3)17-14(21)18-12-10(13(19)20)5-9(15)6-11(12)16/h5-8H,4H2,1-3H3,(H,19,20)(H2,17,18,21). The van der Waals surface area contributed by atoms with Crippen LogP contribution in [-0.4, -0.2) is 23.1 Å². The Labute approximate surface area is 133 Å². The molecular formula is C14H18Cl2N2O3.